The van der Waals surface area contributed by atoms with E-state index in [1.165, 1.54) is 30.3 Å². The van der Waals surface area contributed by atoms with Crippen molar-refractivity contribution in [1.82, 2.24) is 15.5 Å². The van der Waals surface area contributed by atoms with Crippen LogP contribution in [0.15, 0.2) is 52.9 Å². The quantitative estimate of drug-likeness (QED) is 0.781. The first-order valence-electron chi connectivity index (χ1n) is 7.24. The molecule has 3 aromatic rings. The van der Waals surface area contributed by atoms with Gasteiger partial charge in [-0.25, -0.2) is 8.78 Å². The Kier molecular flexibility index (Phi) is 4.60. The summed E-state index contributed by atoms with van der Waals surface area (Å²) in [7, 11) is 0. The molecule has 1 N–H and O–H groups in total. The molecule has 3 rings (SSSR count). The number of nitrogens with one attached hydrogen (secondary N) is 1. The lowest BCUT2D eigenvalue weighted by molar-refractivity contribution is 0.0953. The van der Waals surface area contributed by atoms with E-state index in [1.807, 2.05) is 0 Å². The van der Waals surface area contributed by atoms with Gasteiger partial charge in [-0.2, -0.15) is 0 Å². The first-order chi connectivity index (χ1) is 11.6. The first kappa shape index (κ1) is 15.8. The van der Waals surface area contributed by atoms with Gasteiger partial charge in [-0.15, -0.1) is 10.2 Å². The largest absolute Gasteiger partial charge is 0.421 e. The Morgan fingerprint density at radius 1 is 1.04 bits per heavy atom. The van der Waals surface area contributed by atoms with Crippen LogP contribution in [0, 0.1) is 11.6 Å². The van der Waals surface area contributed by atoms with Crippen molar-refractivity contribution in [3.05, 3.63) is 71.6 Å². The Morgan fingerprint density at radius 3 is 2.58 bits per heavy atom. The summed E-state index contributed by atoms with van der Waals surface area (Å²) in [5.41, 5.74) is 0.853. The minimum absolute atomic E-state index is 0.243. The Hall–Kier alpha value is -3.09. The Morgan fingerprint density at radius 2 is 1.83 bits per heavy atom. The molecule has 0 saturated carbocycles. The first-order valence-corrected chi connectivity index (χ1v) is 7.24. The zero-order valence-corrected chi connectivity index (χ0v) is 12.5. The second-order valence-corrected chi connectivity index (χ2v) is 5.02. The van der Waals surface area contributed by atoms with E-state index in [9.17, 15) is 13.6 Å². The predicted octanol–water partition coefficient (Wildman–Crippen LogP) is 2.99. The van der Waals surface area contributed by atoms with Crippen LogP contribution in [-0.4, -0.2) is 22.6 Å². The van der Waals surface area contributed by atoms with Gasteiger partial charge in [0.1, 0.15) is 11.6 Å². The van der Waals surface area contributed by atoms with Gasteiger partial charge in [0, 0.05) is 24.1 Å². The van der Waals surface area contributed by atoms with Crippen LogP contribution in [0.3, 0.4) is 0 Å². The van der Waals surface area contributed by atoms with Gasteiger partial charge >= 0.3 is 0 Å². The zero-order valence-electron chi connectivity index (χ0n) is 12.5. The van der Waals surface area contributed by atoms with E-state index < -0.39 is 5.82 Å². The highest BCUT2D eigenvalue weighted by Crippen LogP contribution is 2.18. The molecule has 0 aliphatic rings. The summed E-state index contributed by atoms with van der Waals surface area (Å²) in [4.78, 5) is 11.9. The average molecular weight is 329 g/mol. The molecule has 1 aromatic heterocycles. The molecule has 0 spiro atoms. The number of rotatable bonds is 5. The molecule has 1 amide bonds. The van der Waals surface area contributed by atoms with E-state index >= 15 is 0 Å². The van der Waals surface area contributed by atoms with E-state index in [0.29, 0.717) is 17.9 Å². The van der Waals surface area contributed by atoms with Crippen LogP contribution in [0.5, 0.6) is 0 Å². The third-order valence-electron chi connectivity index (χ3n) is 3.27. The summed E-state index contributed by atoms with van der Waals surface area (Å²) in [6.07, 6.45) is 0.329. The van der Waals surface area contributed by atoms with Crippen molar-refractivity contribution in [2.45, 2.75) is 6.42 Å². The molecule has 2 aromatic carbocycles. The maximum Gasteiger partial charge on any atom is 0.251 e. The second-order valence-electron chi connectivity index (χ2n) is 5.02. The van der Waals surface area contributed by atoms with Gasteiger partial charge in [0.15, 0.2) is 0 Å². The Bertz CT molecular complexity index is 847. The summed E-state index contributed by atoms with van der Waals surface area (Å²) in [6.45, 7) is 0.264. The molecule has 0 aliphatic heterocycles. The molecular weight excluding hydrogens is 316 g/mol. The van der Waals surface area contributed by atoms with Crippen LogP contribution in [0.25, 0.3) is 11.5 Å². The van der Waals surface area contributed by atoms with Crippen LogP contribution >= 0.6 is 0 Å². The van der Waals surface area contributed by atoms with Gasteiger partial charge in [0.25, 0.3) is 5.91 Å². The molecule has 122 valence electrons. The number of hydrogen-bond donors (Lipinski definition) is 1. The van der Waals surface area contributed by atoms with Gasteiger partial charge in [-0.3, -0.25) is 4.79 Å². The number of aromatic nitrogens is 2. The highest BCUT2D eigenvalue weighted by atomic mass is 19.1. The predicted molar refractivity (Wildman–Crippen MR) is 82.1 cm³/mol. The van der Waals surface area contributed by atoms with E-state index in [0.717, 1.165) is 6.07 Å². The number of nitrogens with zero attached hydrogens (tertiary/aromatic N) is 2. The van der Waals surface area contributed by atoms with Crippen LogP contribution in [0.4, 0.5) is 8.78 Å². The second kappa shape index (κ2) is 6.99. The average Bonchev–Trinajstić information content (AvgIpc) is 3.04. The highest BCUT2D eigenvalue weighted by Gasteiger charge is 2.10. The van der Waals surface area contributed by atoms with Crippen molar-refractivity contribution in [2.75, 3.05) is 6.54 Å². The number of amides is 1. The smallest absolute Gasteiger partial charge is 0.251 e. The molecule has 0 aliphatic carbocycles. The SMILES string of the molecule is O=C(NCCc1nnc(-c2ccc(F)cc2)o1)c1cccc(F)c1. The minimum Gasteiger partial charge on any atom is -0.421 e. The van der Waals surface area contributed by atoms with E-state index in [-0.39, 0.29) is 29.7 Å². The van der Waals surface area contributed by atoms with Crippen molar-refractivity contribution >= 4 is 5.91 Å². The molecule has 1 heterocycles. The summed E-state index contributed by atoms with van der Waals surface area (Å²) in [5.74, 6) is -0.579. The number of benzene rings is 2. The molecule has 7 heteroatoms. The Labute approximate surface area is 136 Å². The highest BCUT2D eigenvalue weighted by molar-refractivity contribution is 5.94. The van der Waals surface area contributed by atoms with E-state index in [2.05, 4.69) is 15.5 Å². The molecule has 0 bridgehead atoms. The lowest BCUT2D eigenvalue weighted by Gasteiger charge is -2.03. The van der Waals surface area contributed by atoms with Gasteiger partial charge in [0.05, 0.1) is 0 Å². The number of carbonyl (C=O) groups excluding carboxylic acids is 1. The summed E-state index contributed by atoms with van der Waals surface area (Å²) < 4.78 is 31.4. The minimum atomic E-state index is -0.469. The number of halogens is 2. The summed E-state index contributed by atoms with van der Waals surface area (Å²) in [6, 6.07) is 11.1. The number of carbonyl (C=O) groups is 1. The molecule has 0 fully saturated rings. The fourth-order valence-corrected chi connectivity index (χ4v) is 2.08. The molecule has 0 radical (unpaired) electrons. The molecular formula is C17H13F2N3O2. The van der Waals surface area contributed by atoms with Gasteiger partial charge < -0.3 is 9.73 Å². The maximum atomic E-state index is 13.1. The van der Waals surface area contributed by atoms with Crippen molar-refractivity contribution in [3.8, 4) is 11.5 Å². The van der Waals surface area contributed by atoms with Crippen molar-refractivity contribution in [2.24, 2.45) is 0 Å². The monoisotopic (exact) mass is 329 g/mol. The Balaban J connectivity index is 1.56. The van der Waals surface area contributed by atoms with Crippen LogP contribution in [-0.2, 0) is 6.42 Å². The molecule has 24 heavy (non-hydrogen) atoms. The summed E-state index contributed by atoms with van der Waals surface area (Å²) >= 11 is 0. The third-order valence-corrected chi connectivity index (χ3v) is 3.27. The standard InChI is InChI=1S/C17H13F2N3O2/c18-13-6-4-11(5-7-13)17-22-21-15(24-17)8-9-20-16(23)12-2-1-3-14(19)10-12/h1-7,10H,8-9H2,(H,20,23). The molecule has 0 saturated heterocycles. The van der Waals surface area contributed by atoms with E-state index in [1.54, 1.807) is 12.1 Å². The lowest BCUT2D eigenvalue weighted by atomic mass is 10.2. The van der Waals surface area contributed by atoms with Crippen LogP contribution < -0.4 is 5.32 Å². The topological polar surface area (TPSA) is 68.0 Å². The molecule has 0 unspecified atom stereocenters. The summed E-state index contributed by atoms with van der Waals surface area (Å²) in [5, 5.41) is 10.4. The lowest BCUT2D eigenvalue weighted by Crippen LogP contribution is -2.25. The van der Waals surface area contributed by atoms with Crippen LogP contribution in [0.2, 0.25) is 0 Å². The maximum absolute atomic E-state index is 13.1. The molecule has 0 atom stereocenters. The van der Waals surface area contributed by atoms with Gasteiger partial charge in [-0.1, -0.05) is 6.07 Å². The van der Waals surface area contributed by atoms with Gasteiger partial charge in [0.2, 0.25) is 11.8 Å². The van der Waals surface area contributed by atoms with Gasteiger partial charge in [-0.05, 0) is 42.5 Å². The van der Waals surface area contributed by atoms with Crippen LogP contribution in [0.1, 0.15) is 16.2 Å². The normalized spacial score (nSPS) is 10.6. The molecule has 5 nitrogen and oxygen atoms in total. The third kappa shape index (κ3) is 3.81. The van der Waals surface area contributed by atoms with Crippen molar-refractivity contribution < 1.29 is 18.0 Å². The van der Waals surface area contributed by atoms with E-state index in [4.69, 9.17) is 4.42 Å². The number of hydrogen-bond acceptors (Lipinski definition) is 4. The van der Waals surface area contributed by atoms with Crippen molar-refractivity contribution in [3.63, 3.8) is 0 Å². The fourth-order valence-electron chi connectivity index (χ4n) is 2.08. The fraction of sp³-hybridized carbons (Fsp3) is 0.118. The van der Waals surface area contributed by atoms with Crippen molar-refractivity contribution in [1.29, 1.82) is 0 Å². The zero-order chi connectivity index (χ0) is 16.9.